The SMILES string of the molecule is CC[C@H]1C(=O)N2[C@@H]1CC[C@@H](O[Si](C)(C)C(C)(C)C)[C@H]2C(=O)OCc1ccc([N+](=O)[O-])cc1. The van der Waals surface area contributed by atoms with Gasteiger partial charge in [0.25, 0.3) is 5.69 Å². The number of β-lactam (4-membered cyclic amide) rings is 1. The van der Waals surface area contributed by atoms with E-state index in [2.05, 4.69) is 33.9 Å². The second-order valence-electron chi connectivity index (χ2n) is 10.3. The number of nitro groups is 1. The number of esters is 1. The Bertz CT molecular complexity index is 879. The highest BCUT2D eigenvalue weighted by Gasteiger charge is 2.57. The van der Waals surface area contributed by atoms with E-state index in [0.717, 1.165) is 19.3 Å². The van der Waals surface area contributed by atoms with Crippen LogP contribution in [-0.4, -0.2) is 48.2 Å². The van der Waals surface area contributed by atoms with Crippen LogP contribution in [0.1, 0.15) is 52.5 Å². The lowest BCUT2D eigenvalue weighted by atomic mass is 9.76. The van der Waals surface area contributed by atoms with Crippen LogP contribution >= 0.6 is 0 Å². The fourth-order valence-corrected chi connectivity index (χ4v) is 5.69. The average molecular weight is 463 g/mol. The third-order valence-electron chi connectivity index (χ3n) is 7.25. The van der Waals surface area contributed by atoms with Crippen molar-refractivity contribution < 1.29 is 23.7 Å². The summed E-state index contributed by atoms with van der Waals surface area (Å²) >= 11 is 0. The van der Waals surface area contributed by atoms with Crippen molar-refractivity contribution in [1.29, 1.82) is 0 Å². The first-order valence-corrected chi connectivity index (χ1v) is 14.2. The quantitative estimate of drug-likeness (QED) is 0.195. The maximum absolute atomic E-state index is 13.2. The number of hydrogen-bond acceptors (Lipinski definition) is 6. The molecule has 176 valence electrons. The molecule has 9 heteroatoms. The van der Waals surface area contributed by atoms with Crippen molar-refractivity contribution in [2.75, 3.05) is 0 Å². The molecule has 0 N–H and O–H groups in total. The van der Waals surface area contributed by atoms with Crippen LogP contribution in [0.2, 0.25) is 18.1 Å². The van der Waals surface area contributed by atoms with Crippen molar-refractivity contribution in [2.45, 2.75) is 89.9 Å². The molecule has 32 heavy (non-hydrogen) atoms. The van der Waals surface area contributed by atoms with Gasteiger partial charge in [-0.3, -0.25) is 14.9 Å². The van der Waals surface area contributed by atoms with E-state index < -0.39 is 31.4 Å². The van der Waals surface area contributed by atoms with Crippen molar-refractivity contribution in [2.24, 2.45) is 5.92 Å². The fraction of sp³-hybridized carbons (Fsp3) is 0.652. The number of fused-ring (bicyclic) bond motifs is 1. The van der Waals surface area contributed by atoms with E-state index in [1.165, 1.54) is 12.1 Å². The van der Waals surface area contributed by atoms with Crippen LogP contribution in [0.4, 0.5) is 5.69 Å². The molecule has 2 aliphatic rings. The van der Waals surface area contributed by atoms with Gasteiger partial charge in [-0.15, -0.1) is 0 Å². The molecule has 0 radical (unpaired) electrons. The second-order valence-corrected chi connectivity index (χ2v) is 15.1. The predicted molar refractivity (Wildman–Crippen MR) is 122 cm³/mol. The van der Waals surface area contributed by atoms with Crippen molar-refractivity contribution in [3.8, 4) is 0 Å². The van der Waals surface area contributed by atoms with Gasteiger partial charge in [-0.25, -0.2) is 4.79 Å². The van der Waals surface area contributed by atoms with Crippen molar-refractivity contribution >= 4 is 25.9 Å². The van der Waals surface area contributed by atoms with Crippen molar-refractivity contribution in [3.63, 3.8) is 0 Å². The van der Waals surface area contributed by atoms with Crippen molar-refractivity contribution in [1.82, 2.24) is 4.90 Å². The number of piperidine rings is 1. The summed E-state index contributed by atoms with van der Waals surface area (Å²) in [5.74, 6) is -0.508. The van der Waals surface area contributed by atoms with Crippen LogP contribution in [0.3, 0.4) is 0 Å². The lowest BCUT2D eigenvalue weighted by molar-refractivity contribution is -0.384. The summed E-state index contributed by atoms with van der Waals surface area (Å²) in [7, 11) is -2.17. The van der Waals surface area contributed by atoms with E-state index in [0.29, 0.717) is 5.56 Å². The Morgan fingerprint density at radius 1 is 1.22 bits per heavy atom. The number of non-ortho nitro benzene ring substituents is 1. The van der Waals surface area contributed by atoms with E-state index in [4.69, 9.17) is 9.16 Å². The van der Waals surface area contributed by atoms with Crippen LogP contribution in [0, 0.1) is 16.0 Å². The lowest BCUT2D eigenvalue weighted by Crippen LogP contribution is -2.72. The van der Waals surface area contributed by atoms with E-state index >= 15 is 0 Å². The van der Waals surface area contributed by atoms with Crippen LogP contribution in [-0.2, 0) is 25.4 Å². The zero-order valence-corrected chi connectivity index (χ0v) is 20.8. The van der Waals surface area contributed by atoms with Crippen LogP contribution in [0.5, 0.6) is 0 Å². The maximum atomic E-state index is 13.2. The molecule has 3 rings (SSSR count). The van der Waals surface area contributed by atoms with E-state index in [1.54, 1.807) is 17.0 Å². The summed E-state index contributed by atoms with van der Waals surface area (Å²) in [5.41, 5.74) is 0.634. The molecule has 2 heterocycles. The normalized spacial score (nSPS) is 25.7. The molecule has 0 unspecified atom stereocenters. The van der Waals surface area contributed by atoms with Gasteiger partial charge in [-0.1, -0.05) is 27.7 Å². The molecule has 1 aromatic rings. The number of carbonyl (C=O) groups is 2. The van der Waals surface area contributed by atoms with E-state index in [9.17, 15) is 19.7 Å². The van der Waals surface area contributed by atoms with Gasteiger partial charge >= 0.3 is 5.97 Å². The first-order chi connectivity index (χ1) is 14.9. The van der Waals surface area contributed by atoms with Crippen LogP contribution < -0.4 is 0 Å². The molecule has 0 saturated carbocycles. The van der Waals surface area contributed by atoms with Crippen LogP contribution in [0.25, 0.3) is 0 Å². The summed E-state index contributed by atoms with van der Waals surface area (Å²) in [6, 6.07) is 5.21. The Hall–Kier alpha value is -2.26. The molecular weight excluding hydrogens is 428 g/mol. The number of carbonyl (C=O) groups excluding carboxylic acids is 2. The molecule has 2 aliphatic heterocycles. The molecule has 4 atom stereocenters. The van der Waals surface area contributed by atoms with Gasteiger partial charge in [0.1, 0.15) is 6.61 Å². The number of nitrogens with zero attached hydrogens (tertiary/aromatic N) is 2. The summed E-state index contributed by atoms with van der Waals surface area (Å²) in [5, 5.41) is 10.8. The molecular formula is C23H34N2O6Si. The Kier molecular flexibility index (Phi) is 6.81. The molecule has 8 nitrogen and oxygen atoms in total. The number of benzene rings is 1. The Balaban J connectivity index is 1.77. The van der Waals surface area contributed by atoms with Gasteiger partial charge < -0.3 is 14.1 Å². The van der Waals surface area contributed by atoms with Gasteiger partial charge in [0, 0.05) is 18.2 Å². The zero-order valence-electron chi connectivity index (χ0n) is 19.8. The standard InChI is InChI=1S/C23H34N2O6Si/c1-7-17-18-12-13-19(31-32(5,6)23(2,3)4)20(24(18)21(17)26)22(27)30-14-15-8-10-16(11-9-15)25(28)29/h8-11,17-20H,7,12-14H2,1-6H3/t17-,18-,19-,20+/m1/s1. The van der Waals surface area contributed by atoms with E-state index in [-0.39, 0.29) is 35.2 Å². The molecule has 2 saturated heterocycles. The monoisotopic (exact) mass is 462 g/mol. The minimum absolute atomic E-state index is 0.00156. The first-order valence-electron chi connectivity index (χ1n) is 11.3. The molecule has 0 bridgehead atoms. The Morgan fingerprint density at radius 2 is 1.84 bits per heavy atom. The van der Waals surface area contributed by atoms with Gasteiger partial charge in [0.15, 0.2) is 14.4 Å². The van der Waals surface area contributed by atoms with Gasteiger partial charge in [0.2, 0.25) is 5.91 Å². The number of nitro benzene ring substituents is 1. The third-order valence-corrected chi connectivity index (χ3v) is 11.8. The van der Waals surface area contributed by atoms with Crippen molar-refractivity contribution in [3.05, 3.63) is 39.9 Å². The topological polar surface area (TPSA) is 99.0 Å². The highest BCUT2D eigenvalue weighted by Crippen LogP contribution is 2.44. The highest BCUT2D eigenvalue weighted by molar-refractivity contribution is 6.74. The molecule has 1 aromatic carbocycles. The Labute approximate surface area is 190 Å². The highest BCUT2D eigenvalue weighted by atomic mass is 28.4. The molecule has 0 spiro atoms. The summed E-state index contributed by atoms with van der Waals surface area (Å²) in [6.45, 7) is 12.7. The average Bonchev–Trinajstić information content (AvgIpc) is 2.71. The van der Waals surface area contributed by atoms with Gasteiger partial charge in [0.05, 0.1) is 16.9 Å². The number of hydrogen-bond donors (Lipinski definition) is 0. The smallest absolute Gasteiger partial charge is 0.331 e. The maximum Gasteiger partial charge on any atom is 0.331 e. The van der Waals surface area contributed by atoms with E-state index in [1.807, 2.05) is 6.92 Å². The molecule has 0 aromatic heterocycles. The third kappa shape index (κ3) is 4.59. The minimum atomic E-state index is -2.17. The Morgan fingerprint density at radius 3 is 2.38 bits per heavy atom. The fourth-order valence-electron chi connectivity index (χ4n) is 4.33. The second kappa shape index (κ2) is 8.94. The minimum Gasteiger partial charge on any atom is -0.459 e. The molecule has 1 amide bonds. The summed E-state index contributed by atoms with van der Waals surface area (Å²) in [4.78, 5) is 38.1. The predicted octanol–water partition coefficient (Wildman–Crippen LogP) is 4.43. The summed E-state index contributed by atoms with van der Waals surface area (Å²) in [6.07, 6.45) is 1.92. The number of rotatable bonds is 7. The number of ether oxygens (including phenoxy) is 1. The molecule has 2 fully saturated rings. The zero-order chi connectivity index (χ0) is 23.8. The lowest BCUT2D eigenvalue weighted by Gasteiger charge is -2.56. The first kappa shape index (κ1) is 24.4. The van der Waals surface area contributed by atoms with Gasteiger partial charge in [-0.2, -0.15) is 0 Å². The molecule has 0 aliphatic carbocycles. The number of amides is 1. The largest absolute Gasteiger partial charge is 0.459 e. The van der Waals surface area contributed by atoms with Gasteiger partial charge in [-0.05, 0) is 55.1 Å². The summed E-state index contributed by atoms with van der Waals surface area (Å²) < 4.78 is 12.2. The van der Waals surface area contributed by atoms with Crippen LogP contribution in [0.15, 0.2) is 24.3 Å².